The monoisotopic (exact) mass is 488 g/mol. The van der Waals surface area contributed by atoms with Gasteiger partial charge in [-0.15, -0.1) is 5.11 Å². The molecule has 0 aliphatic carbocycles. The van der Waals surface area contributed by atoms with Crippen molar-refractivity contribution in [2.24, 2.45) is 25.9 Å². The van der Waals surface area contributed by atoms with Gasteiger partial charge in [0.1, 0.15) is 11.9 Å². The first-order chi connectivity index (χ1) is 15.7. The van der Waals surface area contributed by atoms with Gasteiger partial charge in [-0.2, -0.15) is 5.11 Å². The Morgan fingerprint density at radius 1 is 1.18 bits per heavy atom. The Morgan fingerprint density at radius 3 is 2.45 bits per heavy atom. The largest absolute Gasteiger partial charge is 0.480 e. The minimum absolute atomic E-state index is 0.0370. The van der Waals surface area contributed by atoms with E-state index in [0.29, 0.717) is 30.2 Å². The van der Waals surface area contributed by atoms with Crippen molar-refractivity contribution in [1.82, 2.24) is 5.32 Å². The average molecular weight is 489 g/mol. The van der Waals surface area contributed by atoms with E-state index in [1.165, 1.54) is 12.1 Å². The van der Waals surface area contributed by atoms with Gasteiger partial charge in [-0.25, -0.2) is 9.79 Å². The van der Waals surface area contributed by atoms with Gasteiger partial charge in [0.05, 0.1) is 21.4 Å². The maximum atomic E-state index is 12.6. The first-order valence-electron chi connectivity index (χ1n) is 10.0. The van der Waals surface area contributed by atoms with E-state index in [1.54, 1.807) is 37.3 Å². The number of rotatable bonds is 9. The molecule has 0 radical (unpaired) electrons. The highest BCUT2D eigenvalue weighted by Gasteiger charge is 2.24. The maximum absolute atomic E-state index is 12.6. The second-order valence-electron chi connectivity index (χ2n) is 7.31. The topological polar surface area (TPSA) is 142 Å². The molecule has 1 amide bonds. The zero-order valence-electron chi connectivity index (χ0n) is 17.7. The van der Waals surface area contributed by atoms with Crippen LogP contribution in [0.4, 0.5) is 0 Å². The molecule has 1 heterocycles. The van der Waals surface area contributed by atoms with Crippen LogP contribution in [0.25, 0.3) is 0 Å². The van der Waals surface area contributed by atoms with Gasteiger partial charge in [0.2, 0.25) is 0 Å². The standard InChI is InChI=1S/C22H22Cl2N6O3/c1-12(25)26-10-9-18-28-20(30-29-18)14-7-5-13(6-8-14)11-17(22(32)33)27-21(31)19-15(23)3-2-4-16(19)24/h2-8,17,20H,9-11H2,1H3,(H2,25,26)(H,27,31)(H,32,33)/t17-,20?/m0/s1. The summed E-state index contributed by atoms with van der Waals surface area (Å²) in [7, 11) is 0. The van der Waals surface area contributed by atoms with Crippen molar-refractivity contribution < 1.29 is 14.7 Å². The molecule has 2 aromatic carbocycles. The van der Waals surface area contributed by atoms with Crippen molar-refractivity contribution in [2.75, 3.05) is 6.54 Å². The van der Waals surface area contributed by atoms with E-state index in [-0.39, 0.29) is 22.0 Å². The number of aliphatic carboxylic acids is 1. The minimum Gasteiger partial charge on any atom is -0.480 e. The van der Waals surface area contributed by atoms with Crippen molar-refractivity contribution in [3.8, 4) is 0 Å². The number of halogens is 2. The maximum Gasteiger partial charge on any atom is 0.326 e. The summed E-state index contributed by atoms with van der Waals surface area (Å²) in [6.45, 7) is 2.21. The number of carbonyl (C=O) groups is 2. The van der Waals surface area contributed by atoms with E-state index in [4.69, 9.17) is 28.9 Å². The van der Waals surface area contributed by atoms with E-state index in [9.17, 15) is 14.7 Å². The summed E-state index contributed by atoms with van der Waals surface area (Å²) in [5.74, 6) is -0.730. The second kappa shape index (κ2) is 11.0. The Kier molecular flexibility index (Phi) is 8.13. The number of nitrogens with zero attached hydrogens (tertiary/aromatic N) is 4. The van der Waals surface area contributed by atoms with Crippen LogP contribution in [0, 0.1) is 0 Å². The lowest BCUT2D eigenvalue weighted by Gasteiger charge is -2.16. The summed E-state index contributed by atoms with van der Waals surface area (Å²) >= 11 is 12.1. The van der Waals surface area contributed by atoms with Gasteiger partial charge in [0.25, 0.3) is 5.91 Å². The molecule has 172 valence electrons. The van der Waals surface area contributed by atoms with Crippen molar-refractivity contribution in [2.45, 2.75) is 32.0 Å². The van der Waals surface area contributed by atoms with Crippen molar-refractivity contribution >= 4 is 46.7 Å². The molecule has 1 aliphatic heterocycles. The first kappa shape index (κ1) is 24.3. The number of hydrogen-bond donors (Lipinski definition) is 3. The lowest BCUT2D eigenvalue weighted by atomic mass is 10.0. The van der Waals surface area contributed by atoms with Crippen LogP contribution in [-0.4, -0.2) is 41.2 Å². The predicted molar refractivity (Wildman–Crippen MR) is 127 cm³/mol. The van der Waals surface area contributed by atoms with Gasteiger partial charge in [0, 0.05) is 24.9 Å². The van der Waals surface area contributed by atoms with Crippen LogP contribution >= 0.6 is 23.2 Å². The third-order valence-corrected chi connectivity index (χ3v) is 5.39. The molecule has 0 spiro atoms. The normalized spacial score (nSPS) is 16.4. The minimum atomic E-state index is -1.18. The summed E-state index contributed by atoms with van der Waals surface area (Å²) in [5.41, 5.74) is 7.08. The van der Waals surface area contributed by atoms with Crippen molar-refractivity contribution in [3.05, 3.63) is 69.2 Å². The van der Waals surface area contributed by atoms with E-state index >= 15 is 0 Å². The van der Waals surface area contributed by atoms with Gasteiger partial charge in [-0.05, 0) is 24.6 Å². The summed E-state index contributed by atoms with van der Waals surface area (Å²) in [6, 6.07) is 10.6. The molecule has 4 N–H and O–H groups in total. The van der Waals surface area contributed by atoms with E-state index in [0.717, 1.165) is 5.56 Å². The zero-order valence-corrected chi connectivity index (χ0v) is 19.2. The molecular weight excluding hydrogens is 467 g/mol. The number of benzene rings is 2. The summed E-state index contributed by atoms with van der Waals surface area (Å²) in [5, 5.41) is 20.6. The van der Waals surface area contributed by atoms with E-state index in [1.807, 2.05) is 0 Å². The van der Waals surface area contributed by atoms with Crippen LogP contribution < -0.4 is 11.1 Å². The number of carboxylic acid groups (broad SMARTS) is 1. The van der Waals surface area contributed by atoms with Crippen LogP contribution in [0.3, 0.4) is 0 Å². The molecule has 9 nitrogen and oxygen atoms in total. The molecule has 0 saturated heterocycles. The summed E-state index contributed by atoms with van der Waals surface area (Å²) in [4.78, 5) is 32.9. The van der Waals surface area contributed by atoms with Gasteiger partial charge in [0.15, 0.2) is 6.17 Å². The molecule has 0 fully saturated rings. The number of nitrogens with two attached hydrogens (primary N) is 1. The highest BCUT2D eigenvalue weighted by atomic mass is 35.5. The van der Waals surface area contributed by atoms with Crippen molar-refractivity contribution in [1.29, 1.82) is 0 Å². The molecule has 0 aromatic heterocycles. The molecule has 11 heteroatoms. The highest BCUT2D eigenvalue weighted by Crippen LogP contribution is 2.26. The molecular formula is C22H22Cl2N6O3. The number of hydrogen-bond acceptors (Lipinski definition) is 6. The quantitative estimate of drug-likeness (QED) is 0.361. The molecule has 33 heavy (non-hydrogen) atoms. The fourth-order valence-electron chi connectivity index (χ4n) is 3.11. The van der Waals surface area contributed by atoms with Gasteiger partial charge in [-0.3, -0.25) is 9.79 Å². The number of amidine groups is 2. The first-order valence-corrected chi connectivity index (χ1v) is 10.8. The lowest BCUT2D eigenvalue weighted by Crippen LogP contribution is -2.42. The van der Waals surface area contributed by atoms with Gasteiger partial charge in [-0.1, -0.05) is 53.5 Å². The fraction of sp³-hybridized carbons (Fsp3) is 0.273. The third-order valence-electron chi connectivity index (χ3n) is 4.76. The molecule has 0 saturated carbocycles. The third kappa shape index (κ3) is 6.59. The summed E-state index contributed by atoms with van der Waals surface area (Å²) in [6.07, 6.45) is 0.164. The van der Waals surface area contributed by atoms with Crippen LogP contribution in [-0.2, 0) is 11.2 Å². The smallest absolute Gasteiger partial charge is 0.326 e. The molecule has 0 bridgehead atoms. The fourth-order valence-corrected chi connectivity index (χ4v) is 3.68. The number of carboxylic acids is 1. The Balaban J connectivity index is 1.64. The SMILES string of the molecule is CC(N)=NCCC1=NC(c2ccc(C[C@H](NC(=O)c3c(Cl)cccc3Cl)C(=O)O)cc2)N=N1. The molecule has 1 unspecified atom stereocenters. The van der Waals surface area contributed by atoms with Crippen molar-refractivity contribution in [3.63, 3.8) is 0 Å². The zero-order chi connectivity index (χ0) is 24.0. The van der Waals surface area contributed by atoms with E-state index in [2.05, 4.69) is 25.5 Å². The Labute approximate surface area is 200 Å². The van der Waals surface area contributed by atoms with E-state index < -0.39 is 24.1 Å². The second-order valence-corrected chi connectivity index (χ2v) is 8.13. The number of nitrogens with one attached hydrogen (secondary N) is 1. The Bertz CT molecular complexity index is 1110. The average Bonchev–Trinajstić information content (AvgIpc) is 3.22. The van der Waals surface area contributed by atoms with Crippen LogP contribution in [0.1, 0.15) is 41.0 Å². The predicted octanol–water partition coefficient (Wildman–Crippen LogP) is 4.05. The number of carbonyl (C=O) groups excluding carboxylic acids is 1. The Hall–Kier alpha value is -3.30. The molecule has 1 aliphatic rings. The van der Waals surface area contributed by atoms with Gasteiger partial charge >= 0.3 is 5.97 Å². The molecule has 3 rings (SSSR count). The Morgan fingerprint density at radius 2 is 1.85 bits per heavy atom. The van der Waals surface area contributed by atoms with Gasteiger partial charge < -0.3 is 16.2 Å². The van der Waals surface area contributed by atoms with Crippen LogP contribution in [0.5, 0.6) is 0 Å². The number of aliphatic imine (C=N–C) groups is 2. The number of amides is 1. The van der Waals surface area contributed by atoms with Crippen LogP contribution in [0.15, 0.2) is 62.7 Å². The molecule has 2 atom stereocenters. The summed E-state index contributed by atoms with van der Waals surface area (Å²) < 4.78 is 0. The lowest BCUT2D eigenvalue weighted by molar-refractivity contribution is -0.139. The molecule has 2 aromatic rings. The number of azo groups is 1. The van der Waals surface area contributed by atoms with Crippen LogP contribution in [0.2, 0.25) is 10.0 Å². The highest BCUT2D eigenvalue weighted by molar-refractivity contribution is 6.39.